The average Bonchev–Trinajstić information content (AvgIpc) is 3.35. The highest BCUT2D eigenvalue weighted by molar-refractivity contribution is 6.12. The molecule has 29 heavy (non-hydrogen) atoms. The van der Waals surface area contributed by atoms with Gasteiger partial charge in [0.15, 0.2) is 17.4 Å². The van der Waals surface area contributed by atoms with Crippen LogP contribution in [0.5, 0.6) is 5.75 Å². The molecule has 146 valence electrons. The maximum Gasteiger partial charge on any atom is 0.259 e. The SMILES string of the molecule is O=C(Nc1ccc(OC2CCC2)c(F)c1)c1coc2cc(-c3nnn[nH]3)ccc12. The van der Waals surface area contributed by atoms with Crippen LogP contribution in [0.2, 0.25) is 0 Å². The first-order chi connectivity index (χ1) is 14.2. The number of carbonyl (C=O) groups is 1. The van der Waals surface area contributed by atoms with Crippen LogP contribution in [0.1, 0.15) is 29.6 Å². The van der Waals surface area contributed by atoms with Crippen molar-refractivity contribution < 1.29 is 18.3 Å². The molecule has 2 aromatic heterocycles. The summed E-state index contributed by atoms with van der Waals surface area (Å²) in [7, 11) is 0. The lowest BCUT2D eigenvalue weighted by molar-refractivity contribution is 0.102. The summed E-state index contributed by atoms with van der Waals surface area (Å²) in [4.78, 5) is 12.7. The zero-order chi connectivity index (χ0) is 19.8. The molecule has 1 saturated carbocycles. The summed E-state index contributed by atoms with van der Waals surface area (Å²) in [5.41, 5.74) is 1.93. The molecule has 0 aliphatic heterocycles. The highest BCUT2D eigenvalue weighted by Gasteiger charge is 2.21. The molecule has 2 N–H and O–H groups in total. The number of anilines is 1. The molecule has 0 spiro atoms. The number of aromatic nitrogens is 4. The molecule has 9 heteroatoms. The third kappa shape index (κ3) is 3.31. The molecule has 4 aromatic rings. The number of fused-ring (bicyclic) bond motifs is 1. The van der Waals surface area contributed by atoms with E-state index in [2.05, 4.69) is 25.9 Å². The third-order valence-electron chi connectivity index (χ3n) is 4.97. The minimum absolute atomic E-state index is 0.0832. The number of hydrogen-bond donors (Lipinski definition) is 2. The Morgan fingerprint density at radius 3 is 2.86 bits per heavy atom. The van der Waals surface area contributed by atoms with Gasteiger partial charge in [0.1, 0.15) is 11.8 Å². The van der Waals surface area contributed by atoms with E-state index in [1.165, 1.54) is 18.4 Å². The smallest absolute Gasteiger partial charge is 0.259 e. The van der Waals surface area contributed by atoms with E-state index in [1.807, 2.05) is 0 Å². The number of carbonyl (C=O) groups excluding carboxylic acids is 1. The van der Waals surface area contributed by atoms with Gasteiger partial charge in [-0.3, -0.25) is 4.79 Å². The number of ether oxygens (including phenoxy) is 1. The highest BCUT2D eigenvalue weighted by Crippen LogP contribution is 2.30. The molecule has 0 saturated heterocycles. The maximum atomic E-state index is 14.3. The lowest BCUT2D eigenvalue weighted by atomic mass is 9.96. The van der Waals surface area contributed by atoms with Gasteiger partial charge < -0.3 is 14.5 Å². The van der Waals surface area contributed by atoms with E-state index in [4.69, 9.17) is 9.15 Å². The summed E-state index contributed by atoms with van der Waals surface area (Å²) in [6.07, 6.45) is 4.45. The summed E-state index contributed by atoms with van der Waals surface area (Å²) < 4.78 is 25.4. The molecular formula is C20H16FN5O3. The number of aromatic amines is 1. The van der Waals surface area contributed by atoms with Gasteiger partial charge in [0.2, 0.25) is 0 Å². The molecule has 0 bridgehead atoms. The molecule has 2 aromatic carbocycles. The van der Waals surface area contributed by atoms with Gasteiger partial charge in [0.25, 0.3) is 5.91 Å². The molecule has 1 fully saturated rings. The summed E-state index contributed by atoms with van der Waals surface area (Å²) in [5.74, 6) is -0.202. The van der Waals surface area contributed by atoms with Crippen LogP contribution in [-0.4, -0.2) is 32.6 Å². The van der Waals surface area contributed by atoms with Crippen LogP contribution >= 0.6 is 0 Å². The monoisotopic (exact) mass is 393 g/mol. The van der Waals surface area contributed by atoms with Gasteiger partial charge in [0, 0.05) is 22.7 Å². The normalized spacial score (nSPS) is 14.0. The molecule has 0 atom stereocenters. The van der Waals surface area contributed by atoms with Gasteiger partial charge in [-0.2, -0.15) is 0 Å². The Morgan fingerprint density at radius 1 is 1.24 bits per heavy atom. The number of halogens is 1. The zero-order valence-electron chi connectivity index (χ0n) is 15.2. The average molecular weight is 393 g/mol. The van der Waals surface area contributed by atoms with Crippen LogP contribution in [0.4, 0.5) is 10.1 Å². The van der Waals surface area contributed by atoms with E-state index in [1.54, 1.807) is 24.3 Å². The van der Waals surface area contributed by atoms with Crippen LogP contribution in [-0.2, 0) is 0 Å². The van der Waals surface area contributed by atoms with Crippen molar-refractivity contribution in [3.8, 4) is 17.1 Å². The minimum Gasteiger partial charge on any atom is -0.487 e. The van der Waals surface area contributed by atoms with Crippen LogP contribution in [0.25, 0.3) is 22.4 Å². The largest absolute Gasteiger partial charge is 0.487 e. The van der Waals surface area contributed by atoms with Crippen molar-refractivity contribution in [1.82, 2.24) is 20.6 Å². The van der Waals surface area contributed by atoms with Gasteiger partial charge in [-0.15, -0.1) is 5.10 Å². The highest BCUT2D eigenvalue weighted by atomic mass is 19.1. The first kappa shape index (κ1) is 17.4. The topological polar surface area (TPSA) is 106 Å². The zero-order valence-corrected chi connectivity index (χ0v) is 15.2. The Hall–Kier alpha value is -3.75. The fraction of sp³-hybridized carbons (Fsp3) is 0.200. The van der Waals surface area contributed by atoms with Crippen LogP contribution in [0, 0.1) is 5.82 Å². The van der Waals surface area contributed by atoms with Crippen molar-refractivity contribution in [1.29, 1.82) is 0 Å². The predicted molar refractivity (Wildman–Crippen MR) is 102 cm³/mol. The minimum atomic E-state index is -0.503. The molecule has 1 amide bonds. The number of amides is 1. The Kier molecular flexibility index (Phi) is 4.19. The second kappa shape index (κ2) is 7.01. The Labute approximate surface area is 164 Å². The summed E-state index contributed by atoms with van der Waals surface area (Å²) in [6.45, 7) is 0. The quantitative estimate of drug-likeness (QED) is 0.532. The molecule has 0 radical (unpaired) electrons. The van der Waals surface area contributed by atoms with Crippen molar-refractivity contribution >= 4 is 22.6 Å². The first-order valence-electron chi connectivity index (χ1n) is 9.20. The number of rotatable bonds is 5. The van der Waals surface area contributed by atoms with Crippen molar-refractivity contribution in [3.63, 3.8) is 0 Å². The van der Waals surface area contributed by atoms with E-state index < -0.39 is 11.7 Å². The van der Waals surface area contributed by atoms with Crippen molar-refractivity contribution in [2.75, 3.05) is 5.32 Å². The van der Waals surface area contributed by atoms with Crippen LogP contribution in [0.15, 0.2) is 47.1 Å². The Morgan fingerprint density at radius 2 is 2.14 bits per heavy atom. The number of nitrogens with one attached hydrogen (secondary N) is 2. The second-order valence-electron chi connectivity index (χ2n) is 6.88. The second-order valence-corrected chi connectivity index (χ2v) is 6.88. The van der Waals surface area contributed by atoms with E-state index >= 15 is 0 Å². The van der Waals surface area contributed by atoms with Gasteiger partial charge in [0.05, 0.1) is 11.7 Å². The number of H-pyrrole nitrogens is 1. The molecule has 1 aliphatic rings. The molecule has 5 rings (SSSR count). The fourth-order valence-electron chi connectivity index (χ4n) is 3.17. The lowest BCUT2D eigenvalue weighted by Crippen LogP contribution is -2.25. The van der Waals surface area contributed by atoms with Crippen molar-refractivity contribution in [2.24, 2.45) is 0 Å². The van der Waals surface area contributed by atoms with Crippen molar-refractivity contribution in [3.05, 3.63) is 54.0 Å². The van der Waals surface area contributed by atoms with Crippen molar-refractivity contribution in [2.45, 2.75) is 25.4 Å². The third-order valence-corrected chi connectivity index (χ3v) is 4.97. The Balaban J connectivity index is 1.35. The number of benzene rings is 2. The fourth-order valence-corrected chi connectivity index (χ4v) is 3.17. The Bertz CT molecular complexity index is 1180. The van der Waals surface area contributed by atoms with E-state index in [0.717, 1.165) is 24.8 Å². The van der Waals surface area contributed by atoms with Crippen LogP contribution < -0.4 is 10.1 Å². The molecular weight excluding hydrogens is 377 g/mol. The van der Waals surface area contributed by atoms with E-state index in [9.17, 15) is 9.18 Å². The first-order valence-corrected chi connectivity index (χ1v) is 9.20. The number of hydrogen-bond acceptors (Lipinski definition) is 6. The lowest BCUT2D eigenvalue weighted by Gasteiger charge is -2.26. The van der Waals surface area contributed by atoms with E-state index in [-0.39, 0.29) is 11.9 Å². The molecule has 2 heterocycles. The summed E-state index contributed by atoms with van der Waals surface area (Å²) >= 11 is 0. The maximum absolute atomic E-state index is 14.3. The molecule has 1 aliphatic carbocycles. The number of nitrogens with zero attached hydrogens (tertiary/aromatic N) is 3. The van der Waals surface area contributed by atoms with Gasteiger partial charge in [-0.1, -0.05) is 6.07 Å². The molecule has 0 unspecified atom stereocenters. The standard InChI is InChI=1S/C20H16FN5O3/c21-16-9-12(5-7-17(16)29-13-2-1-3-13)22-20(27)15-10-28-18-8-11(4-6-14(15)18)19-23-25-26-24-19/h4-10,13H,1-3H2,(H,22,27)(H,23,24,25,26). The summed E-state index contributed by atoms with van der Waals surface area (Å²) in [6, 6.07) is 9.68. The molecule has 8 nitrogen and oxygen atoms in total. The van der Waals surface area contributed by atoms with Gasteiger partial charge in [-0.05, 0) is 54.0 Å². The number of tetrazole rings is 1. The van der Waals surface area contributed by atoms with E-state index in [0.29, 0.717) is 28.0 Å². The van der Waals surface area contributed by atoms with Gasteiger partial charge >= 0.3 is 0 Å². The van der Waals surface area contributed by atoms with Gasteiger partial charge in [-0.25, -0.2) is 9.49 Å². The predicted octanol–water partition coefficient (Wildman–Crippen LogP) is 3.94. The summed E-state index contributed by atoms with van der Waals surface area (Å²) in [5, 5.41) is 16.9. The number of furan rings is 1. The van der Waals surface area contributed by atoms with Crippen LogP contribution in [0.3, 0.4) is 0 Å².